The lowest BCUT2D eigenvalue weighted by Crippen LogP contribution is -2.10. The van der Waals surface area contributed by atoms with Crippen molar-refractivity contribution in [3.63, 3.8) is 0 Å². The molecule has 0 aliphatic rings. The molecular formula is C8H5ClF3NO2. The number of hydrogen-bond donors (Lipinski definition) is 0. The molecule has 0 saturated heterocycles. The summed E-state index contributed by atoms with van der Waals surface area (Å²) in [5.74, 6) is -2.52. The second kappa shape index (κ2) is 4.48. The third kappa shape index (κ3) is 2.20. The molecule has 0 atom stereocenters. The highest BCUT2D eigenvalue weighted by Gasteiger charge is 2.25. The highest BCUT2D eigenvalue weighted by atomic mass is 35.5. The standard InChI is InChI=1S/C8H5ClF3NO2/c1-15-8(14)4-3(7(11)12)2-13-6(9)5(4)10/h2,7H,1H3. The maximum absolute atomic E-state index is 13.2. The number of carbonyl (C=O) groups is 1. The molecule has 0 fully saturated rings. The second-order valence-corrected chi connectivity index (χ2v) is 2.84. The lowest BCUT2D eigenvalue weighted by Gasteiger charge is -2.07. The number of methoxy groups -OCH3 is 1. The molecule has 0 saturated carbocycles. The number of pyridine rings is 1. The average molecular weight is 240 g/mol. The molecule has 1 aromatic rings. The van der Waals surface area contributed by atoms with E-state index in [1.165, 1.54) is 0 Å². The smallest absolute Gasteiger partial charge is 0.341 e. The number of halogens is 4. The Hall–Kier alpha value is -1.30. The Kier molecular flexibility index (Phi) is 3.52. The van der Waals surface area contributed by atoms with Crippen LogP contribution in [0.25, 0.3) is 0 Å². The van der Waals surface area contributed by atoms with E-state index in [-0.39, 0.29) is 0 Å². The zero-order valence-electron chi connectivity index (χ0n) is 7.43. The highest BCUT2D eigenvalue weighted by molar-refractivity contribution is 6.29. The fourth-order valence-corrected chi connectivity index (χ4v) is 1.10. The third-order valence-corrected chi connectivity index (χ3v) is 1.89. The van der Waals surface area contributed by atoms with E-state index in [1.807, 2.05) is 0 Å². The number of nitrogens with zero attached hydrogens (tertiary/aromatic N) is 1. The minimum Gasteiger partial charge on any atom is -0.465 e. The van der Waals surface area contributed by atoms with Crippen molar-refractivity contribution in [2.75, 3.05) is 7.11 Å². The molecule has 0 spiro atoms. The van der Waals surface area contributed by atoms with Crippen LogP contribution in [0.2, 0.25) is 5.15 Å². The lowest BCUT2D eigenvalue weighted by atomic mass is 10.1. The summed E-state index contributed by atoms with van der Waals surface area (Å²) in [5.41, 5.74) is -1.73. The number of alkyl halides is 2. The average Bonchev–Trinajstić information content (AvgIpc) is 2.20. The predicted octanol–water partition coefficient (Wildman–Crippen LogP) is 2.60. The van der Waals surface area contributed by atoms with E-state index < -0.39 is 34.5 Å². The van der Waals surface area contributed by atoms with E-state index in [4.69, 9.17) is 11.6 Å². The predicted molar refractivity (Wildman–Crippen MR) is 45.5 cm³/mol. The normalized spacial score (nSPS) is 10.5. The molecule has 1 heterocycles. The van der Waals surface area contributed by atoms with Gasteiger partial charge in [-0.2, -0.15) is 0 Å². The highest BCUT2D eigenvalue weighted by Crippen LogP contribution is 2.27. The Bertz CT molecular complexity index is 398. The summed E-state index contributed by atoms with van der Waals surface area (Å²) in [6, 6.07) is 0. The number of aromatic nitrogens is 1. The second-order valence-electron chi connectivity index (χ2n) is 2.49. The first kappa shape index (κ1) is 11.8. The van der Waals surface area contributed by atoms with Gasteiger partial charge in [0, 0.05) is 6.20 Å². The van der Waals surface area contributed by atoms with Crippen molar-refractivity contribution in [3.8, 4) is 0 Å². The monoisotopic (exact) mass is 239 g/mol. The van der Waals surface area contributed by atoms with Crippen molar-refractivity contribution in [1.82, 2.24) is 4.98 Å². The largest absolute Gasteiger partial charge is 0.465 e. The van der Waals surface area contributed by atoms with Gasteiger partial charge in [0.25, 0.3) is 6.43 Å². The molecular weight excluding hydrogens is 235 g/mol. The molecule has 0 aliphatic carbocycles. The lowest BCUT2D eigenvalue weighted by molar-refractivity contribution is 0.0582. The van der Waals surface area contributed by atoms with Crippen molar-refractivity contribution in [3.05, 3.63) is 28.3 Å². The van der Waals surface area contributed by atoms with E-state index in [2.05, 4.69) is 9.72 Å². The van der Waals surface area contributed by atoms with Crippen LogP contribution in [0.4, 0.5) is 13.2 Å². The molecule has 0 unspecified atom stereocenters. The van der Waals surface area contributed by atoms with Gasteiger partial charge in [0.2, 0.25) is 0 Å². The fourth-order valence-electron chi connectivity index (χ4n) is 0.952. The van der Waals surface area contributed by atoms with Crippen LogP contribution in [0.15, 0.2) is 6.20 Å². The number of rotatable bonds is 2. The molecule has 0 aromatic carbocycles. The van der Waals surface area contributed by atoms with Gasteiger partial charge in [-0.05, 0) is 0 Å². The van der Waals surface area contributed by atoms with Crippen LogP contribution in [0.1, 0.15) is 22.3 Å². The fraction of sp³-hybridized carbons (Fsp3) is 0.250. The molecule has 1 aromatic heterocycles. The van der Waals surface area contributed by atoms with Crippen LogP contribution < -0.4 is 0 Å². The Morgan fingerprint density at radius 2 is 2.20 bits per heavy atom. The first-order chi connectivity index (χ1) is 6.99. The van der Waals surface area contributed by atoms with Gasteiger partial charge in [0.1, 0.15) is 5.56 Å². The SMILES string of the molecule is COC(=O)c1c(C(F)F)cnc(Cl)c1F. The number of esters is 1. The number of hydrogen-bond acceptors (Lipinski definition) is 3. The van der Waals surface area contributed by atoms with Crippen LogP contribution in [-0.2, 0) is 4.74 Å². The molecule has 0 N–H and O–H groups in total. The minimum atomic E-state index is -3.03. The molecule has 0 amide bonds. The van der Waals surface area contributed by atoms with Crippen molar-refractivity contribution < 1.29 is 22.7 Å². The van der Waals surface area contributed by atoms with Crippen LogP contribution in [-0.4, -0.2) is 18.1 Å². The van der Waals surface area contributed by atoms with Crippen molar-refractivity contribution >= 4 is 17.6 Å². The van der Waals surface area contributed by atoms with Gasteiger partial charge >= 0.3 is 5.97 Å². The minimum absolute atomic E-state index is 0.641. The maximum Gasteiger partial charge on any atom is 0.341 e. The summed E-state index contributed by atoms with van der Waals surface area (Å²) in [7, 11) is 0.950. The molecule has 1 rings (SSSR count). The Morgan fingerprint density at radius 3 is 2.67 bits per heavy atom. The van der Waals surface area contributed by atoms with Crippen LogP contribution in [0.5, 0.6) is 0 Å². The van der Waals surface area contributed by atoms with Crippen LogP contribution in [0, 0.1) is 5.82 Å². The maximum atomic E-state index is 13.2. The van der Waals surface area contributed by atoms with Crippen LogP contribution >= 0.6 is 11.6 Å². The Balaban J connectivity index is 3.41. The molecule has 0 radical (unpaired) electrons. The summed E-state index contributed by atoms with van der Waals surface area (Å²) in [6.45, 7) is 0. The van der Waals surface area contributed by atoms with Gasteiger partial charge in [0.15, 0.2) is 11.0 Å². The van der Waals surface area contributed by atoms with E-state index in [1.54, 1.807) is 0 Å². The van der Waals surface area contributed by atoms with E-state index in [0.29, 0.717) is 6.20 Å². The Labute approximate surface area is 87.8 Å². The zero-order chi connectivity index (χ0) is 11.6. The quantitative estimate of drug-likeness (QED) is 0.588. The van der Waals surface area contributed by atoms with Gasteiger partial charge < -0.3 is 4.74 Å². The van der Waals surface area contributed by atoms with Gasteiger partial charge in [-0.15, -0.1) is 0 Å². The summed E-state index contributed by atoms with van der Waals surface area (Å²) >= 11 is 5.25. The van der Waals surface area contributed by atoms with Gasteiger partial charge in [-0.25, -0.2) is 22.9 Å². The van der Waals surface area contributed by atoms with Gasteiger partial charge in [0.05, 0.1) is 12.7 Å². The summed E-state index contributed by atoms with van der Waals surface area (Å²) in [6.07, 6.45) is -2.39. The molecule has 0 bridgehead atoms. The number of ether oxygens (including phenoxy) is 1. The Morgan fingerprint density at radius 1 is 1.60 bits per heavy atom. The molecule has 3 nitrogen and oxygen atoms in total. The van der Waals surface area contributed by atoms with E-state index in [9.17, 15) is 18.0 Å². The van der Waals surface area contributed by atoms with E-state index >= 15 is 0 Å². The van der Waals surface area contributed by atoms with Crippen LogP contribution in [0.3, 0.4) is 0 Å². The van der Waals surface area contributed by atoms with E-state index in [0.717, 1.165) is 7.11 Å². The van der Waals surface area contributed by atoms with Gasteiger partial charge in [-0.3, -0.25) is 0 Å². The summed E-state index contributed by atoms with van der Waals surface area (Å²) in [5, 5.41) is -0.653. The third-order valence-electron chi connectivity index (χ3n) is 1.63. The first-order valence-electron chi connectivity index (χ1n) is 3.69. The number of carbonyl (C=O) groups excluding carboxylic acids is 1. The first-order valence-corrected chi connectivity index (χ1v) is 4.07. The van der Waals surface area contributed by atoms with Crippen molar-refractivity contribution in [2.45, 2.75) is 6.43 Å². The summed E-state index contributed by atoms with van der Waals surface area (Å²) in [4.78, 5) is 14.2. The molecule has 0 aliphatic heterocycles. The topological polar surface area (TPSA) is 39.2 Å². The molecule has 7 heteroatoms. The van der Waals surface area contributed by atoms with Crippen molar-refractivity contribution in [1.29, 1.82) is 0 Å². The van der Waals surface area contributed by atoms with Gasteiger partial charge in [-0.1, -0.05) is 11.6 Å². The molecule has 82 valence electrons. The zero-order valence-corrected chi connectivity index (χ0v) is 8.19. The molecule has 15 heavy (non-hydrogen) atoms. The summed E-state index contributed by atoms with van der Waals surface area (Å²) < 4.78 is 42.2. The van der Waals surface area contributed by atoms with Crippen molar-refractivity contribution in [2.24, 2.45) is 0 Å².